The predicted octanol–water partition coefficient (Wildman–Crippen LogP) is 0.503. The first-order chi connectivity index (χ1) is 8.72. The Hall–Kier alpha value is -1.62. The number of anilines is 1. The highest BCUT2D eigenvalue weighted by Gasteiger charge is 2.25. The van der Waals surface area contributed by atoms with Gasteiger partial charge in [0, 0.05) is 31.4 Å². The zero-order valence-electron chi connectivity index (χ0n) is 10.7. The van der Waals surface area contributed by atoms with Crippen LogP contribution < -0.4 is 16.0 Å². The van der Waals surface area contributed by atoms with Crippen molar-refractivity contribution in [2.75, 3.05) is 25.0 Å². The Morgan fingerprint density at radius 3 is 3.22 bits per heavy atom. The van der Waals surface area contributed by atoms with Crippen molar-refractivity contribution in [1.82, 2.24) is 10.3 Å². The fourth-order valence-electron chi connectivity index (χ4n) is 2.45. The molecule has 1 fully saturated rings. The molecule has 98 valence electrons. The molecule has 18 heavy (non-hydrogen) atoms. The summed E-state index contributed by atoms with van der Waals surface area (Å²) in [5, 5.41) is 3.14. The number of pyridine rings is 1. The van der Waals surface area contributed by atoms with E-state index in [1.54, 1.807) is 6.20 Å². The number of piperidine rings is 1. The van der Waals surface area contributed by atoms with Gasteiger partial charge in [0.2, 0.25) is 5.91 Å². The molecule has 0 aromatic carbocycles. The number of amides is 1. The SMILES string of the molecule is CNCc1cccnc1N1CCCC(C(N)=O)C1. The molecule has 1 aliphatic heterocycles. The first-order valence-electron chi connectivity index (χ1n) is 6.35. The number of hydrogen-bond donors (Lipinski definition) is 2. The smallest absolute Gasteiger partial charge is 0.222 e. The van der Waals surface area contributed by atoms with Crippen molar-refractivity contribution in [2.45, 2.75) is 19.4 Å². The van der Waals surface area contributed by atoms with Crippen LogP contribution in [0.3, 0.4) is 0 Å². The average Bonchev–Trinajstić information content (AvgIpc) is 2.40. The minimum absolute atomic E-state index is 0.0526. The van der Waals surface area contributed by atoms with Gasteiger partial charge >= 0.3 is 0 Å². The molecule has 1 saturated heterocycles. The third kappa shape index (κ3) is 2.79. The molecule has 0 saturated carbocycles. The van der Waals surface area contributed by atoms with E-state index in [2.05, 4.69) is 21.3 Å². The molecule has 0 aliphatic carbocycles. The second-order valence-corrected chi connectivity index (χ2v) is 4.70. The number of primary amides is 1. The van der Waals surface area contributed by atoms with Crippen LogP contribution in [0.4, 0.5) is 5.82 Å². The summed E-state index contributed by atoms with van der Waals surface area (Å²) in [4.78, 5) is 17.9. The number of nitrogens with zero attached hydrogens (tertiary/aromatic N) is 2. The average molecular weight is 248 g/mol. The van der Waals surface area contributed by atoms with E-state index in [0.29, 0.717) is 6.54 Å². The van der Waals surface area contributed by atoms with E-state index in [0.717, 1.165) is 37.3 Å². The quantitative estimate of drug-likeness (QED) is 0.814. The standard InChI is InChI=1S/C13H20N4O/c1-15-8-10-4-2-6-16-13(10)17-7-3-5-11(9-17)12(14)18/h2,4,6,11,15H,3,5,7-9H2,1H3,(H2,14,18). The first-order valence-corrected chi connectivity index (χ1v) is 6.35. The van der Waals surface area contributed by atoms with E-state index in [-0.39, 0.29) is 11.8 Å². The van der Waals surface area contributed by atoms with Crippen LogP contribution in [-0.4, -0.2) is 31.0 Å². The number of hydrogen-bond acceptors (Lipinski definition) is 4. The first kappa shape index (κ1) is 12.8. The summed E-state index contributed by atoms with van der Waals surface area (Å²) in [6.45, 7) is 2.40. The van der Waals surface area contributed by atoms with Gasteiger partial charge in [0.05, 0.1) is 5.92 Å². The highest BCUT2D eigenvalue weighted by Crippen LogP contribution is 2.24. The number of aromatic nitrogens is 1. The maximum atomic E-state index is 11.3. The summed E-state index contributed by atoms with van der Waals surface area (Å²) < 4.78 is 0. The molecule has 5 heteroatoms. The van der Waals surface area contributed by atoms with Gasteiger partial charge in [-0.1, -0.05) is 6.07 Å². The molecule has 3 N–H and O–H groups in total. The molecule has 0 spiro atoms. The summed E-state index contributed by atoms with van der Waals surface area (Å²) in [6, 6.07) is 4.00. The molecule has 1 aliphatic rings. The van der Waals surface area contributed by atoms with Crippen LogP contribution in [0.1, 0.15) is 18.4 Å². The molecular weight excluding hydrogens is 228 g/mol. The van der Waals surface area contributed by atoms with Gasteiger partial charge < -0.3 is 16.0 Å². The fraction of sp³-hybridized carbons (Fsp3) is 0.538. The van der Waals surface area contributed by atoms with Gasteiger partial charge in [-0.2, -0.15) is 0 Å². The van der Waals surface area contributed by atoms with Crippen molar-refractivity contribution in [1.29, 1.82) is 0 Å². The van der Waals surface area contributed by atoms with Gasteiger partial charge in [0.1, 0.15) is 5.82 Å². The summed E-state index contributed by atoms with van der Waals surface area (Å²) >= 11 is 0. The maximum absolute atomic E-state index is 11.3. The van der Waals surface area contributed by atoms with E-state index in [9.17, 15) is 4.79 Å². The van der Waals surface area contributed by atoms with Crippen LogP contribution in [0.15, 0.2) is 18.3 Å². The van der Waals surface area contributed by atoms with Crippen LogP contribution in [0.2, 0.25) is 0 Å². The Morgan fingerprint density at radius 1 is 1.67 bits per heavy atom. The third-order valence-corrected chi connectivity index (χ3v) is 3.36. The Morgan fingerprint density at radius 2 is 2.50 bits per heavy atom. The van der Waals surface area contributed by atoms with Crippen molar-refractivity contribution < 1.29 is 4.79 Å². The molecule has 1 aromatic rings. The van der Waals surface area contributed by atoms with Crippen LogP contribution in [0.5, 0.6) is 0 Å². The van der Waals surface area contributed by atoms with Crippen LogP contribution in [0.25, 0.3) is 0 Å². The largest absolute Gasteiger partial charge is 0.369 e. The Labute approximate surface area is 107 Å². The molecule has 1 amide bonds. The fourth-order valence-corrected chi connectivity index (χ4v) is 2.45. The van der Waals surface area contributed by atoms with E-state index >= 15 is 0 Å². The molecular formula is C13H20N4O. The zero-order valence-corrected chi connectivity index (χ0v) is 10.7. The van der Waals surface area contributed by atoms with Crippen molar-refractivity contribution in [3.05, 3.63) is 23.9 Å². The van der Waals surface area contributed by atoms with Gasteiger partial charge in [0.25, 0.3) is 0 Å². The number of carbonyl (C=O) groups is 1. The van der Waals surface area contributed by atoms with Crippen LogP contribution in [0, 0.1) is 5.92 Å². The molecule has 0 radical (unpaired) electrons. The van der Waals surface area contributed by atoms with Gasteiger partial charge in [-0.05, 0) is 26.0 Å². The summed E-state index contributed by atoms with van der Waals surface area (Å²) in [5.41, 5.74) is 6.56. The Bertz CT molecular complexity index is 421. The summed E-state index contributed by atoms with van der Waals surface area (Å²) in [7, 11) is 1.92. The Balaban J connectivity index is 2.17. The number of nitrogens with one attached hydrogen (secondary N) is 1. The summed E-state index contributed by atoms with van der Waals surface area (Å²) in [5.74, 6) is 0.715. The third-order valence-electron chi connectivity index (χ3n) is 3.36. The molecule has 2 rings (SSSR count). The van der Waals surface area contributed by atoms with E-state index in [1.807, 2.05) is 13.1 Å². The molecule has 0 bridgehead atoms. The molecule has 2 heterocycles. The van der Waals surface area contributed by atoms with Crippen LogP contribution >= 0.6 is 0 Å². The zero-order chi connectivity index (χ0) is 13.0. The minimum Gasteiger partial charge on any atom is -0.369 e. The molecule has 1 aromatic heterocycles. The number of carbonyl (C=O) groups excluding carboxylic acids is 1. The van der Waals surface area contributed by atoms with Gasteiger partial charge in [-0.25, -0.2) is 4.98 Å². The topological polar surface area (TPSA) is 71.2 Å². The molecule has 1 unspecified atom stereocenters. The van der Waals surface area contributed by atoms with Crippen LogP contribution in [-0.2, 0) is 11.3 Å². The van der Waals surface area contributed by atoms with Gasteiger partial charge in [0.15, 0.2) is 0 Å². The maximum Gasteiger partial charge on any atom is 0.222 e. The van der Waals surface area contributed by atoms with Crippen molar-refractivity contribution >= 4 is 11.7 Å². The van der Waals surface area contributed by atoms with Crippen molar-refractivity contribution in [3.8, 4) is 0 Å². The highest BCUT2D eigenvalue weighted by atomic mass is 16.1. The lowest BCUT2D eigenvalue weighted by Gasteiger charge is -2.33. The van der Waals surface area contributed by atoms with E-state index < -0.39 is 0 Å². The number of nitrogens with two attached hydrogens (primary N) is 1. The lowest BCUT2D eigenvalue weighted by molar-refractivity contribution is -0.122. The highest BCUT2D eigenvalue weighted by molar-refractivity contribution is 5.77. The van der Waals surface area contributed by atoms with E-state index in [1.165, 1.54) is 0 Å². The minimum atomic E-state index is -0.203. The van der Waals surface area contributed by atoms with Gasteiger partial charge in [-0.15, -0.1) is 0 Å². The van der Waals surface area contributed by atoms with E-state index in [4.69, 9.17) is 5.73 Å². The van der Waals surface area contributed by atoms with Crippen molar-refractivity contribution in [2.24, 2.45) is 11.7 Å². The second-order valence-electron chi connectivity index (χ2n) is 4.70. The second kappa shape index (κ2) is 5.82. The molecule has 5 nitrogen and oxygen atoms in total. The number of rotatable bonds is 4. The summed E-state index contributed by atoms with van der Waals surface area (Å²) in [6.07, 6.45) is 3.67. The monoisotopic (exact) mass is 248 g/mol. The normalized spacial score (nSPS) is 19.8. The lowest BCUT2D eigenvalue weighted by Crippen LogP contribution is -2.42. The van der Waals surface area contributed by atoms with Gasteiger partial charge in [-0.3, -0.25) is 4.79 Å². The molecule has 1 atom stereocenters. The predicted molar refractivity (Wildman–Crippen MR) is 71.1 cm³/mol. The Kier molecular flexibility index (Phi) is 4.15. The lowest BCUT2D eigenvalue weighted by atomic mass is 9.97. The van der Waals surface area contributed by atoms with Crippen molar-refractivity contribution in [3.63, 3.8) is 0 Å².